The molecule has 1 atom stereocenters. The molecular formula is C16H21NO4. The molecule has 0 saturated carbocycles. The maximum atomic E-state index is 12.5. The second kappa shape index (κ2) is 7.11. The molecule has 0 bridgehead atoms. The van der Waals surface area contributed by atoms with Crippen molar-refractivity contribution < 1.29 is 19.1 Å². The minimum Gasteiger partial charge on any atom is -0.494 e. The Morgan fingerprint density at radius 1 is 1.19 bits per heavy atom. The third kappa shape index (κ3) is 3.54. The highest BCUT2D eigenvalue weighted by atomic mass is 16.5. The van der Waals surface area contributed by atoms with Crippen molar-refractivity contribution in [2.24, 2.45) is 0 Å². The highest BCUT2D eigenvalue weighted by molar-refractivity contribution is 5.97. The van der Waals surface area contributed by atoms with Crippen molar-refractivity contribution in [3.8, 4) is 5.75 Å². The van der Waals surface area contributed by atoms with Crippen LogP contribution >= 0.6 is 0 Å². The molecule has 1 saturated heterocycles. The highest BCUT2D eigenvalue weighted by Crippen LogP contribution is 2.22. The highest BCUT2D eigenvalue weighted by Gasteiger charge is 2.35. The number of hydrogen-bond donors (Lipinski definition) is 0. The third-order valence-corrected chi connectivity index (χ3v) is 3.48. The molecule has 0 radical (unpaired) electrons. The van der Waals surface area contributed by atoms with Gasteiger partial charge >= 0.3 is 5.97 Å². The number of hydrogen-bond acceptors (Lipinski definition) is 4. The Balaban J connectivity index is 2.09. The Hall–Kier alpha value is -2.04. The number of carbonyl (C=O) groups is 2. The van der Waals surface area contributed by atoms with Crippen molar-refractivity contribution in [3.05, 3.63) is 29.8 Å². The van der Waals surface area contributed by atoms with Crippen LogP contribution in [0.15, 0.2) is 24.3 Å². The van der Waals surface area contributed by atoms with E-state index in [1.165, 1.54) is 0 Å². The van der Waals surface area contributed by atoms with Crippen molar-refractivity contribution in [3.63, 3.8) is 0 Å². The molecule has 1 unspecified atom stereocenters. The molecule has 1 amide bonds. The summed E-state index contributed by atoms with van der Waals surface area (Å²) in [5.74, 6) is 0.292. The molecule has 5 heteroatoms. The Morgan fingerprint density at radius 3 is 2.52 bits per heavy atom. The van der Waals surface area contributed by atoms with Gasteiger partial charge in [0.2, 0.25) is 0 Å². The van der Waals surface area contributed by atoms with Gasteiger partial charge < -0.3 is 14.4 Å². The number of likely N-dealkylation sites (tertiary alicyclic amines) is 1. The largest absolute Gasteiger partial charge is 0.494 e. The molecule has 0 aliphatic carbocycles. The van der Waals surface area contributed by atoms with Gasteiger partial charge in [-0.05, 0) is 51.0 Å². The summed E-state index contributed by atoms with van der Waals surface area (Å²) in [4.78, 5) is 26.0. The SMILES string of the molecule is CCOC(=O)C1CCCN1C(=O)c1ccc(OCC)cc1. The van der Waals surface area contributed by atoms with Crippen molar-refractivity contribution in [1.82, 2.24) is 4.90 Å². The monoisotopic (exact) mass is 291 g/mol. The van der Waals surface area contributed by atoms with Crippen LogP contribution in [-0.2, 0) is 9.53 Å². The van der Waals surface area contributed by atoms with Gasteiger partial charge in [0, 0.05) is 12.1 Å². The number of amides is 1. The molecule has 1 aromatic rings. The van der Waals surface area contributed by atoms with E-state index in [2.05, 4.69) is 0 Å². The second-order valence-electron chi connectivity index (χ2n) is 4.87. The number of carbonyl (C=O) groups excluding carboxylic acids is 2. The number of esters is 1. The molecule has 2 rings (SSSR count). The molecule has 21 heavy (non-hydrogen) atoms. The molecular weight excluding hydrogens is 270 g/mol. The first-order valence-electron chi connectivity index (χ1n) is 7.37. The maximum absolute atomic E-state index is 12.5. The number of ether oxygens (including phenoxy) is 2. The van der Waals surface area contributed by atoms with E-state index in [0.29, 0.717) is 31.7 Å². The molecule has 0 N–H and O–H groups in total. The lowest BCUT2D eigenvalue weighted by atomic mass is 10.1. The zero-order valence-electron chi connectivity index (χ0n) is 12.5. The summed E-state index contributed by atoms with van der Waals surface area (Å²) >= 11 is 0. The van der Waals surface area contributed by atoms with Gasteiger partial charge in [0.15, 0.2) is 0 Å². The first kappa shape index (κ1) is 15.4. The van der Waals surface area contributed by atoms with Gasteiger partial charge in [0.25, 0.3) is 5.91 Å². The van der Waals surface area contributed by atoms with Crippen LogP contribution in [0.4, 0.5) is 0 Å². The molecule has 0 spiro atoms. The minimum absolute atomic E-state index is 0.131. The second-order valence-corrected chi connectivity index (χ2v) is 4.87. The fourth-order valence-corrected chi connectivity index (χ4v) is 2.52. The summed E-state index contributed by atoms with van der Waals surface area (Å²) in [6, 6.07) is 6.55. The summed E-state index contributed by atoms with van der Waals surface area (Å²) in [6.07, 6.45) is 1.49. The van der Waals surface area contributed by atoms with Gasteiger partial charge in [-0.2, -0.15) is 0 Å². The Bertz CT molecular complexity index is 498. The normalized spacial score (nSPS) is 17.6. The summed E-state index contributed by atoms with van der Waals surface area (Å²) in [5.41, 5.74) is 0.564. The lowest BCUT2D eigenvalue weighted by Crippen LogP contribution is -2.41. The van der Waals surface area contributed by atoms with E-state index in [-0.39, 0.29) is 11.9 Å². The van der Waals surface area contributed by atoms with Crippen LogP contribution in [-0.4, -0.2) is 42.6 Å². The van der Waals surface area contributed by atoms with Crippen molar-refractivity contribution >= 4 is 11.9 Å². The van der Waals surface area contributed by atoms with Gasteiger partial charge in [0.05, 0.1) is 13.2 Å². The fourth-order valence-electron chi connectivity index (χ4n) is 2.52. The van der Waals surface area contributed by atoms with Crippen LogP contribution in [0.1, 0.15) is 37.0 Å². The standard InChI is InChI=1S/C16H21NO4/c1-3-20-13-9-7-12(8-10-13)15(18)17-11-5-6-14(17)16(19)21-4-2/h7-10,14H,3-6,11H2,1-2H3. The van der Waals surface area contributed by atoms with Crippen molar-refractivity contribution in [2.45, 2.75) is 32.7 Å². The molecule has 5 nitrogen and oxygen atoms in total. The average molecular weight is 291 g/mol. The molecule has 1 heterocycles. The Labute approximate surface area is 124 Å². The van der Waals surface area contributed by atoms with Crippen LogP contribution in [0.3, 0.4) is 0 Å². The predicted octanol–water partition coefficient (Wildman–Crippen LogP) is 2.25. The molecule has 114 valence electrons. The van der Waals surface area contributed by atoms with Crippen LogP contribution in [0.5, 0.6) is 5.75 Å². The van der Waals surface area contributed by atoms with E-state index in [0.717, 1.165) is 12.2 Å². The quantitative estimate of drug-likeness (QED) is 0.781. The van der Waals surface area contributed by atoms with E-state index < -0.39 is 6.04 Å². The predicted molar refractivity (Wildman–Crippen MR) is 78.3 cm³/mol. The van der Waals surface area contributed by atoms with Crippen molar-refractivity contribution in [2.75, 3.05) is 19.8 Å². The number of benzene rings is 1. The number of nitrogens with zero attached hydrogens (tertiary/aromatic N) is 1. The molecule has 1 aliphatic rings. The molecule has 1 aromatic carbocycles. The van der Waals surface area contributed by atoms with Gasteiger partial charge in [0.1, 0.15) is 11.8 Å². The summed E-state index contributed by atoms with van der Waals surface area (Å²) in [6.45, 7) is 5.19. The maximum Gasteiger partial charge on any atom is 0.328 e. The Kier molecular flexibility index (Phi) is 5.20. The third-order valence-electron chi connectivity index (χ3n) is 3.48. The van der Waals surface area contributed by atoms with Gasteiger partial charge in [-0.15, -0.1) is 0 Å². The minimum atomic E-state index is -0.455. The summed E-state index contributed by atoms with van der Waals surface area (Å²) < 4.78 is 10.4. The zero-order valence-corrected chi connectivity index (χ0v) is 12.5. The molecule has 0 aromatic heterocycles. The van der Waals surface area contributed by atoms with Crippen molar-refractivity contribution in [1.29, 1.82) is 0 Å². The fraction of sp³-hybridized carbons (Fsp3) is 0.500. The smallest absolute Gasteiger partial charge is 0.328 e. The van der Waals surface area contributed by atoms with E-state index >= 15 is 0 Å². The lowest BCUT2D eigenvalue weighted by Gasteiger charge is -2.23. The van der Waals surface area contributed by atoms with E-state index in [9.17, 15) is 9.59 Å². The van der Waals surface area contributed by atoms with Crippen LogP contribution < -0.4 is 4.74 Å². The van der Waals surface area contributed by atoms with Gasteiger partial charge in [-0.25, -0.2) is 4.79 Å². The first-order chi connectivity index (χ1) is 10.2. The van der Waals surface area contributed by atoms with E-state index in [1.807, 2.05) is 6.92 Å². The first-order valence-corrected chi connectivity index (χ1v) is 7.37. The van der Waals surface area contributed by atoms with Crippen LogP contribution in [0, 0.1) is 0 Å². The van der Waals surface area contributed by atoms with Gasteiger partial charge in [-0.1, -0.05) is 0 Å². The lowest BCUT2D eigenvalue weighted by molar-refractivity contribution is -0.147. The van der Waals surface area contributed by atoms with E-state index in [4.69, 9.17) is 9.47 Å². The Morgan fingerprint density at radius 2 is 1.90 bits per heavy atom. The number of rotatable bonds is 5. The molecule has 1 aliphatic heterocycles. The molecule has 1 fully saturated rings. The van der Waals surface area contributed by atoms with Crippen LogP contribution in [0.25, 0.3) is 0 Å². The van der Waals surface area contributed by atoms with Crippen LogP contribution in [0.2, 0.25) is 0 Å². The summed E-state index contributed by atoms with van der Waals surface area (Å²) in [5, 5.41) is 0. The van der Waals surface area contributed by atoms with Gasteiger partial charge in [-0.3, -0.25) is 4.79 Å². The zero-order chi connectivity index (χ0) is 15.2. The van der Waals surface area contributed by atoms with E-state index in [1.54, 1.807) is 36.1 Å². The summed E-state index contributed by atoms with van der Waals surface area (Å²) in [7, 11) is 0. The average Bonchev–Trinajstić information content (AvgIpc) is 2.97. The topological polar surface area (TPSA) is 55.8 Å².